The molecule has 2 heterocycles. The Hall–Kier alpha value is -1.88. The molecule has 1 aliphatic heterocycles. The highest BCUT2D eigenvalue weighted by Crippen LogP contribution is 2.48. The molecule has 1 amide bonds. The first-order valence-electron chi connectivity index (χ1n) is 8.61. The third-order valence-electron chi connectivity index (χ3n) is 4.77. The fourth-order valence-electron chi connectivity index (χ4n) is 3.18. The highest BCUT2D eigenvalue weighted by molar-refractivity contribution is 5.99. The summed E-state index contributed by atoms with van der Waals surface area (Å²) in [5.41, 5.74) is 2.45. The van der Waals surface area contributed by atoms with Crippen molar-refractivity contribution in [2.24, 2.45) is 11.8 Å². The molecule has 2 aliphatic carbocycles. The summed E-state index contributed by atoms with van der Waals surface area (Å²) in [7, 11) is 0. The third-order valence-corrected chi connectivity index (χ3v) is 4.77. The minimum Gasteiger partial charge on any atom is -0.378 e. The molecule has 5 nitrogen and oxygen atoms in total. The molecular weight excluding hydrogens is 290 g/mol. The van der Waals surface area contributed by atoms with Crippen LogP contribution in [0.1, 0.15) is 25.7 Å². The smallest absolute Gasteiger partial charge is 0.249 e. The zero-order valence-electron chi connectivity index (χ0n) is 13.3. The van der Waals surface area contributed by atoms with E-state index in [0.717, 1.165) is 32.0 Å². The van der Waals surface area contributed by atoms with Crippen LogP contribution in [-0.2, 0) is 9.53 Å². The molecule has 1 saturated heterocycles. The summed E-state index contributed by atoms with van der Waals surface area (Å²) < 4.78 is 5.36. The van der Waals surface area contributed by atoms with Crippen molar-refractivity contribution in [1.82, 2.24) is 4.98 Å². The summed E-state index contributed by atoms with van der Waals surface area (Å²) in [6.07, 6.45) is 8.66. The van der Waals surface area contributed by atoms with E-state index in [2.05, 4.69) is 15.2 Å². The van der Waals surface area contributed by atoms with Gasteiger partial charge in [0.1, 0.15) is 5.82 Å². The molecule has 1 aromatic heterocycles. The van der Waals surface area contributed by atoms with Crippen LogP contribution in [0.15, 0.2) is 30.0 Å². The number of carbonyl (C=O) groups is 1. The number of anilines is 2. The lowest BCUT2D eigenvalue weighted by atomic mass is 10.1. The highest BCUT2D eigenvalue weighted by atomic mass is 16.5. The topological polar surface area (TPSA) is 54.5 Å². The van der Waals surface area contributed by atoms with E-state index in [4.69, 9.17) is 4.74 Å². The lowest BCUT2D eigenvalue weighted by molar-refractivity contribution is -0.112. The molecule has 4 rings (SSSR count). The van der Waals surface area contributed by atoms with E-state index in [1.807, 2.05) is 24.4 Å². The van der Waals surface area contributed by atoms with Gasteiger partial charge in [-0.05, 0) is 49.7 Å². The normalized spacial score (nSPS) is 21.0. The van der Waals surface area contributed by atoms with Gasteiger partial charge in [-0.25, -0.2) is 4.98 Å². The van der Waals surface area contributed by atoms with Crippen molar-refractivity contribution in [3.8, 4) is 0 Å². The molecule has 3 aliphatic rings. The van der Waals surface area contributed by atoms with Gasteiger partial charge in [0.25, 0.3) is 0 Å². The second-order valence-corrected chi connectivity index (χ2v) is 6.68. The number of amides is 1. The largest absolute Gasteiger partial charge is 0.378 e. The Morgan fingerprint density at radius 3 is 2.43 bits per heavy atom. The van der Waals surface area contributed by atoms with Gasteiger partial charge in [-0.15, -0.1) is 0 Å². The number of rotatable bonds is 5. The fourth-order valence-corrected chi connectivity index (χ4v) is 3.18. The van der Waals surface area contributed by atoms with E-state index < -0.39 is 0 Å². The number of pyridine rings is 1. The molecule has 3 fully saturated rings. The Morgan fingerprint density at radius 2 is 1.87 bits per heavy atom. The minimum atomic E-state index is -0.0366. The van der Waals surface area contributed by atoms with E-state index >= 15 is 0 Å². The van der Waals surface area contributed by atoms with Gasteiger partial charge in [0.05, 0.1) is 25.1 Å². The molecule has 0 aromatic carbocycles. The number of nitrogens with zero attached hydrogens (tertiary/aromatic N) is 2. The molecule has 0 radical (unpaired) electrons. The second kappa shape index (κ2) is 6.32. The number of allylic oxidation sites excluding steroid dienone is 1. The molecule has 1 aromatic rings. The van der Waals surface area contributed by atoms with Crippen LogP contribution < -0.4 is 10.2 Å². The molecule has 5 heteroatoms. The summed E-state index contributed by atoms with van der Waals surface area (Å²) >= 11 is 0. The van der Waals surface area contributed by atoms with Crippen LogP contribution in [0, 0.1) is 11.8 Å². The molecule has 23 heavy (non-hydrogen) atoms. The van der Waals surface area contributed by atoms with Gasteiger partial charge in [0.15, 0.2) is 0 Å². The zero-order chi connectivity index (χ0) is 15.6. The Balaban J connectivity index is 1.38. The van der Waals surface area contributed by atoms with Crippen molar-refractivity contribution in [2.75, 3.05) is 36.5 Å². The summed E-state index contributed by atoms with van der Waals surface area (Å²) in [6.45, 7) is 3.30. The zero-order valence-corrected chi connectivity index (χ0v) is 13.3. The number of ether oxygens (including phenoxy) is 1. The molecular formula is C18H23N3O2. The van der Waals surface area contributed by atoms with Crippen molar-refractivity contribution in [2.45, 2.75) is 25.7 Å². The number of hydrogen-bond donors (Lipinski definition) is 1. The van der Waals surface area contributed by atoms with Gasteiger partial charge in [-0.2, -0.15) is 0 Å². The van der Waals surface area contributed by atoms with Crippen LogP contribution in [0.2, 0.25) is 0 Å². The average molecular weight is 313 g/mol. The maximum Gasteiger partial charge on any atom is 0.249 e. The second-order valence-electron chi connectivity index (χ2n) is 6.68. The van der Waals surface area contributed by atoms with Crippen molar-refractivity contribution < 1.29 is 9.53 Å². The quantitative estimate of drug-likeness (QED) is 0.849. The van der Waals surface area contributed by atoms with Gasteiger partial charge >= 0.3 is 0 Å². The van der Waals surface area contributed by atoms with E-state index in [1.54, 1.807) is 0 Å². The molecule has 2 saturated carbocycles. The van der Waals surface area contributed by atoms with Crippen LogP contribution in [0.4, 0.5) is 11.5 Å². The lowest BCUT2D eigenvalue weighted by Crippen LogP contribution is -2.36. The summed E-state index contributed by atoms with van der Waals surface area (Å²) in [6, 6.07) is 3.89. The molecule has 0 spiro atoms. The van der Waals surface area contributed by atoms with Crippen LogP contribution in [0.3, 0.4) is 0 Å². The van der Waals surface area contributed by atoms with E-state index in [0.29, 0.717) is 17.7 Å². The molecule has 0 atom stereocenters. The number of aromatic nitrogens is 1. The number of morpholine rings is 1. The first-order chi connectivity index (χ1) is 11.3. The standard InChI is InChI=1S/C18H23N3O2/c22-18(11-16(13-1-2-13)14-3-4-14)20-17-6-5-15(12-19-17)21-7-9-23-10-8-21/h5-6,11-14H,1-4,7-10H2,(H,19,20,22). The van der Waals surface area contributed by atoms with E-state index in [-0.39, 0.29) is 5.91 Å². The summed E-state index contributed by atoms with van der Waals surface area (Å²) in [5.74, 6) is 1.93. The number of hydrogen-bond acceptors (Lipinski definition) is 4. The SMILES string of the molecule is O=C(C=C(C1CC1)C1CC1)Nc1ccc(N2CCOCC2)cn1. The van der Waals surface area contributed by atoms with Crippen LogP contribution in [-0.4, -0.2) is 37.2 Å². The highest BCUT2D eigenvalue weighted by Gasteiger charge is 2.36. The van der Waals surface area contributed by atoms with E-state index in [1.165, 1.54) is 31.3 Å². The van der Waals surface area contributed by atoms with Crippen LogP contribution >= 0.6 is 0 Å². The molecule has 0 bridgehead atoms. The number of nitrogens with one attached hydrogen (secondary N) is 1. The average Bonchev–Trinajstić information content (AvgIpc) is 3.48. The van der Waals surface area contributed by atoms with Crippen molar-refractivity contribution >= 4 is 17.4 Å². The van der Waals surface area contributed by atoms with Gasteiger partial charge in [-0.3, -0.25) is 4.79 Å². The maximum atomic E-state index is 12.2. The summed E-state index contributed by atoms with van der Waals surface area (Å²) in [5, 5.41) is 2.90. The van der Waals surface area contributed by atoms with E-state index in [9.17, 15) is 4.79 Å². The fraction of sp³-hybridized carbons (Fsp3) is 0.556. The predicted molar refractivity (Wildman–Crippen MR) is 89.4 cm³/mol. The molecule has 122 valence electrons. The van der Waals surface area contributed by atoms with Gasteiger partial charge in [-0.1, -0.05) is 5.57 Å². The Kier molecular flexibility index (Phi) is 4.04. The first-order valence-corrected chi connectivity index (χ1v) is 8.61. The first kappa shape index (κ1) is 14.7. The Labute approximate surface area is 136 Å². The summed E-state index contributed by atoms with van der Waals surface area (Å²) in [4.78, 5) is 18.8. The lowest BCUT2D eigenvalue weighted by Gasteiger charge is -2.28. The molecule has 1 N–H and O–H groups in total. The maximum absolute atomic E-state index is 12.2. The van der Waals surface area contributed by atoms with Crippen molar-refractivity contribution in [3.05, 3.63) is 30.0 Å². The Morgan fingerprint density at radius 1 is 1.17 bits per heavy atom. The van der Waals surface area contributed by atoms with Gasteiger partial charge < -0.3 is 15.0 Å². The Bertz CT molecular complexity index is 583. The van der Waals surface area contributed by atoms with Gasteiger partial charge in [0, 0.05) is 19.2 Å². The third kappa shape index (κ3) is 3.72. The predicted octanol–water partition coefficient (Wildman–Crippen LogP) is 2.60. The number of carbonyl (C=O) groups excluding carboxylic acids is 1. The van der Waals surface area contributed by atoms with Crippen molar-refractivity contribution in [1.29, 1.82) is 0 Å². The minimum absolute atomic E-state index is 0.0366. The van der Waals surface area contributed by atoms with Crippen molar-refractivity contribution in [3.63, 3.8) is 0 Å². The van der Waals surface area contributed by atoms with Gasteiger partial charge in [0.2, 0.25) is 5.91 Å². The molecule has 0 unspecified atom stereocenters. The van der Waals surface area contributed by atoms with Crippen LogP contribution in [0.25, 0.3) is 0 Å². The monoisotopic (exact) mass is 313 g/mol. The van der Waals surface area contributed by atoms with Crippen LogP contribution in [0.5, 0.6) is 0 Å².